The Labute approximate surface area is 130 Å². The van der Waals surface area contributed by atoms with Crippen LogP contribution in [-0.2, 0) is 4.74 Å². The maximum absolute atomic E-state index is 14.0. The summed E-state index contributed by atoms with van der Waals surface area (Å²) in [6.07, 6.45) is 1.47. The number of benzene rings is 1. The van der Waals surface area contributed by atoms with Crippen LogP contribution in [0.4, 0.5) is 10.1 Å². The van der Waals surface area contributed by atoms with Gasteiger partial charge in [0.05, 0.1) is 22.3 Å². The first-order valence-corrected chi connectivity index (χ1v) is 7.48. The molecule has 0 saturated heterocycles. The fourth-order valence-electron chi connectivity index (χ4n) is 2.19. The van der Waals surface area contributed by atoms with Crippen LogP contribution < -0.4 is 5.32 Å². The zero-order valence-electron chi connectivity index (χ0n) is 12.1. The highest BCUT2D eigenvalue weighted by molar-refractivity contribution is 9.10. The quantitative estimate of drug-likeness (QED) is 0.841. The number of rotatable bonds is 4. The van der Waals surface area contributed by atoms with Crippen molar-refractivity contribution in [1.82, 2.24) is 4.98 Å². The molecule has 2 rings (SSSR count). The molecular weight excluding hydrogens is 339 g/mol. The molecule has 0 amide bonds. The van der Waals surface area contributed by atoms with Crippen molar-refractivity contribution in [3.8, 4) is 0 Å². The lowest BCUT2D eigenvalue weighted by atomic mass is 10.1. The van der Waals surface area contributed by atoms with Crippen LogP contribution in [0.2, 0.25) is 0 Å². The lowest BCUT2D eigenvalue weighted by Crippen LogP contribution is -2.11. The molecule has 4 nitrogen and oxygen atoms in total. The van der Waals surface area contributed by atoms with Crippen molar-refractivity contribution in [3.63, 3.8) is 0 Å². The summed E-state index contributed by atoms with van der Waals surface area (Å²) in [6.45, 7) is 6.28. The van der Waals surface area contributed by atoms with Crippen LogP contribution in [0.1, 0.15) is 29.8 Å². The van der Waals surface area contributed by atoms with Crippen LogP contribution >= 0.6 is 15.9 Å². The van der Waals surface area contributed by atoms with Crippen LogP contribution in [0.3, 0.4) is 0 Å². The van der Waals surface area contributed by atoms with Crippen LogP contribution in [-0.4, -0.2) is 24.1 Å². The number of aryl methyl sites for hydroxylation is 1. The van der Waals surface area contributed by atoms with Gasteiger partial charge in [-0.05, 0) is 48.3 Å². The maximum atomic E-state index is 14.0. The first-order valence-electron chi connectivity index (χ1n) is 6.69. The number of esters is 1. The van der Waals surface area contributed by atoms with Gasteiger partial charge in [-0.25, -0.2) is 9.18 Å². The van der Waals surface area contributed by atoms with Gasteiger partial charge in [-0.2, -0.15) is 0 Å². The fraction of sp³-hybridized carbons (Fsp3) is 0.333. The van der Waals surface area contributed by atoms with Crippen molar-refractivity contribution in [2.24, 2.45) is 0 Å². The number of carbonyl (C=O) groups is 1. The number of carbonyl (C=O) groups excluding carboxylic acids is 1. The summed E-state index contributed by atoms with van der Waals surface area (Å²) in [5.41, 5.74) is 2.19. The van der Waals surface area contributed by atoms with E-state index in [0.29, 0.717) is 34.3 Å². The Morgan fingerprint density at radius 3 is 2.81 bits per heavy atom. The Morgan fingerprint density at radius 2 is 2.19 bits per heavy atom. The highest BCUT2D eigenvalue weighted by Gasteiger charge is 2.20. The first-order chi connectivity index (χ1) is 10.0. The van der Waals surface area contributed by atoms with Gasteiger partial charge in [0, 0.05) is 18.1 Å². The smallest absolute Gasteiger partial charge is 0.341 e. The standard InChI is InChI=1S/C15H16BrFN2O2/c1-4-18-14-9(15(20)21-5-2)7-19-13-8(3)6-10(17)12(16)11(13)14/h6-7H,4-5H2,1-3H3,(H,18,19). The fourth-order valence-corrected chi connectivity index (χ4v) is 2.69. The number of hydrogen-bond acceptors (Lipinski definition) is 4. The number of nitrogens with zero attached hydrogens (tertiary/aromatic N) is 1. The molecule has 112 valence electrons. The molecule has 0 atom stereocenters. The summed E-state index contributed by atoms with van der Waals surface area (Å²) in [5.74, 6) is -0.862. The number of ether oxygens (including phenoxy) is 1. The molecule has 0 spiro atoms. The molecular formula is C15H16BrFN2O2. The number of fused-ring (bicyclic) bond motifs is 1. The van der Waals surface area contributed by atoms with E-state index in [4.69, 9.17) is 4.74 Å². The Balaban J connectivity index is 2.81. The molecule has 2 aromatic rings. The highest BCUT2D eigenvalue weighted by Crippen LogP contribution is 2.36. The summed E-state index contributed by atoms with van der Waals surface area (Å²) >= 11 is 3.25. The van der Waals surface area contributed by atoms with Crippen molar-refractivity contribution in [2.75, 3.05) is 18.5 Å². The van der Waals surface area contributed by atoms with Crippen molar-refractivity contribution >= 4 is 38.5 Å². The molecule has 1 aromatic carbocycles. The van der Waals surface area contributed by atoms with E-state index in [0.717, 1.165) is 0 Å². The Kier molecular flexibility index (Phi) is 4.77. The molecule has 0 aliphatic carbocycles. The number of halogens is 2. The minimum atomic E-state index is -0.475. The molecule has 0 aliphatic rings. The van der Waals surface area contributed by atoms with E-state index in [-0.39, 0.29) is 16.9 Å². The molecule has 1 N–H and O–H groups in total. The van der Waals surface area contributed by atoms with E-state index in [2.05, 4.69) is 26.2 Å². The van der Waals surface area contributed by atoms with Gasteiger partial charge in [0.15, 0.2) is 0 Å². The predicted molar refractivity (Wildman–Crippen MR) is 84.3 cm³/mol. The van der Waals surface area contributed by atoms with E-state index in [1.807, 2.05) is 6.92 Å². The molecule has 1 heterocycles. The van der Waals surface area contributed by atoms with Gasteiger partial charge in [-0.1, -0.05) is 0 Å². The molecule has 0 unspecified atom stereocenters. The van der Waals surface area contributed by atoms with E-state index in [9.17, 15) is 9.18 Å². The topological polar surface area (TPSA) is 51.2 Å². The monoisotopic (exact) mass is 354 g/mol. The summed E-state index contributed by atoms with van der Waals surface area (Å²) < 4.78 is 19.3. The Morgan fingerprint density at radius 1 is 1.48 bits per heavy atom. The third-order valence-electron chi connectivity index (χ3n) is 3.07. The minimum absolute atomic E-state index is 0.270. The Hall–Kier alpha value is -1.69. The molecule has 0 fully saturated rings. The summed E-state index contributed by atoms with van der Waals surface area (Å²) in [7, 11) is 0. The molecule has 0 aliphatic heterocycles. The predicted octanol–water partition coefficient (Wildman–Crippen LogP) is 4.05. The SMILES string of the molecule is CCNc1c(C(=O)OCC)cnc2c(C)cc(F)c(Br)c12. The lowest BCUT2D eigenvalue weighted by molar-refractivity contribution is 0.0527. The molecule has 0 bridgehead atoms. The van der Waals surface area contributed by atoms with E-state index in [1.54, 1.807) is 13.8 Å². The second-order valence-electron chi connectivity index (χ2n) is 4.51. The highest BCUT2D eigenvalue weighted by atomic mass is 79.9. The van der Waals surface area contributed by atoms with Gasteiger partial charge in [0.2, 0.25) is 0 Å². The summed E-state index contributed by atoms with van der Waals surface area (Å²) in [5, 5.41) is 3.67. The first kappa shape index (κ1) is 15.7. The van der Waals surface area contributed by atoms with Crippen LogP contribution in [0.25, 0.3) is 10.9 Å². The van der Waals surface area contributed by atoms with Crippen molar-refractivity contribution in [1.29, 1.82) is 0 Å². The second kappa shape index (κ2) is 6.39. The van der Waals surface area contributed by atoms with Gasteiger partial charge < -0.3 is 10.1 Å². The van der Waals surface area contributed by atoms with Crippen molar-refractivity contribution in [2.45, 2.75) is 20.8 Å². The number of hydrogen-bond donors (Lipinski definition) is 1. The minimum Gasteiger partial charge on any atom is -0.462 e. The molecule has 6 heteroatoms. The van der Waals surface area contributed by atoms with Gasteiger partial charge in [-0.3, -0.25) is 4.98 Å². The zero-order chi connectivity index (χ0) is 15.6. The second-order valence-corrected chi connectivity index (χ2v) is 5.30. The largest absolute Gasteiger partial charge is 0.462 e. The third kappa shape index (κ3) is 2.85. The van der Waals surface area contributed by atoms with Gasteiger partial charge in [-0.15, -0.1) is 0 Å². The normalized spacial score (nSPS) is 10.7. The molecule has 21 heavy (non-hydrogen) atoms. The molecule has 0 saturated carbocycles. The van der Waals surface area contributed by atoms with Gasteiger partial charge in [0.1, 0.15) is 11.4 Å². The van der Waals surface area contributed by atoms with E-state index >= 15 is 0 Å². The Bertz CT molecular complexity index is 704. The maximum Gasteiger partial charge on any atom is 0.341 e. The average Bonchev–Trinajstić information content (AvgIpc) is 2.45. The van der Waals surface area contributed by atoms with E-state index in [1.165, 1.54) is 12.3 Å². The van der Waals surface area contributed by atoms with Gasteiger partial charge >= 0.3 is 5.97 Å². The van der Waals surface area contributed by atoms with Gasteiger partial charge in [0.25, 0.3) is 0 Å². The number of nitrogens with one attached hydrogen (secondary N) is 1. The molecule has 0 radical (unpaired) electrons. The lowest BCUT2D eigenvalue weighted by Gasteiger charge is -2.15. The number of aromatic nitrogens is 1. The van der Waals surface area contributed by atoms with Crippen molar-refractivity contribution < 1.29 is 13.9 Å². The van der Waals surface area contributed by atoms with E-state index < -0.39 is 5.97 Å². The summed E-state index contributed by atoms with van der Waals surface area (Å²) in [6, 6.07) is 1.42. The number of pyridine rings is 1. The number of anilines is 1. The third-order valence-corrected chi connectivity index (χ3v) is 3.85. The van der Waals surface area contributed by atoms with Crippen LogP contribution in [0, 0.1) is 12.7 Å². The van der Waals surface area contributed by atoms with Crippen molar-refractivity contribution in [3.05, 3.63) is 33.7 Å². The zero-order valence-corrected chi connectivity index (χ0v) is 13.7. The average molecular weight is 355 g/mol. The molecule has 1 aromatic heterocycles. The van der Waals surface area contributed by atoms with Crippen LogP contribution in [0.15, 0.2) is 16.7 Å². The van der Waals surface area contributed by atoms with Crippen LogP contribution in [0.5, 0.6) is 0 Å². The summed E-state index contributed by atoms with van der Waals surface area (Å²) in [4.78, 5) is 16.3.